The van der Waals surface area contributed by atoms with Gasteiger partial charge < -0.3 is 15.1 Å². The molecule has 2 aromatic carbocycles. The van der Waals surface area contributed by atoms with Crippen LogP contribution in [-0.2, 0) is 16.1 Å². The van der Waals surface area contributed by atoms with E-state index in [0.717, 1.165) is 38.4 Å². The minimum atomic E-state index is -0.572. The molecule has 2 amide bonds. The molecule has 1 saturated heterocycles. The lowest BCUT2D eigenvalue weighted by molar-refractivity contribution is -0.144. The monoisotopic (exact) mass is 394 g/mol. The van der Waals surface area contributed by atoms with Crippen molar-refractivity contribution in [3.05, 3.63) is 60.2 Å². The van der Waals surface area contributed by atoms with Crippen molar-refractivity contribution >= 4 is 23.2 Å². The number of rotatable bonds is 6. The third-order valence-corrected chi connectivity index (χ3v) is 5.36. The number of benzene rings is 2. The van der Waals surface area contributed by atoms with Gasteiger partial charge in [0.25, 0.3) is 0 Å². The van der Waals surface area contributed by atoms with Crippen molar-refractivity contribution < 1.29 is 9.59 Å². The second kappa shape index (κ2) is 10.1. The number of nitrogens with one attached hydrogen (secondary N) is 1. The zero-order valence-electron chi connectivity index (χ0n) is 17.3. The van der Waals surface area contributed by atoms with E-state index in [4.69, 9.17) is 0 Å². The van der Waals surface area contributed by atoms with Gasteiger partial charge in [0.05, 0.1) is 0 Å². The Bertz CT molecular complexity index is 795. The predicted octanol–water partition coefficient (Wildman–Crippen LogP) is 2.82. The first-order valence-corrected chi connectivity index (χ1v) is 10.3. The lowest BCUT2D eigenvalue weighted by Crippen LogP contribution is -2.51. The maximum Gasteiger partial charge on any atom is 0.313 e. The molecule has 0 unspecified atom stereocenters. The van der Waals surface area contributed by atoms with Crippen LogP contribution in [0.15, 0.2) is 54.6 Å². The molecule has 1 fully saturated rings. The molecule has 0 spiro atoms. The van der Waals surface area contributed by atoms with E-state index in [1.54, 1.807) is 4.90 Å². The molecule has 29 heavy (non-hydrogen) atoms. The summed E-state index contributed by atoms with van der Waals surface area (Å²) in [6, 6.07) is 17.9. The summed E-state index contributed by atoms with van der Waals surface area (Å²) in [5, 5.41) is 2.73. The number of hydrogen-bond acceptors (Lipinski definition) is 4. The summed E-state index contributed by atoms with van der Waals surface area (Å²) in [7, 11) is 0. The Morgan fingerprint density at radius 3 is 2.10 bits per heavy atom. The first kappa shape index (κ1) is 20.9. The Balaban J connectivity index is 1.49. The minimum Gasteiger partial charge on any atom is -0.372 e. The van der Waals surface area contributed by atoms with Gasteiger partial charge in [0.1, 0.15) is 0 Å². The van der Waals surface area contributed by atoms with Crippen molar-refractivity contribution in [3.8, 4) is 0 Å². The summed E-state index contributed by atoms with van der Waals surface area (Å²) in [6.07, 6.45) is 0. The highest BCUT2D eigenvalue weighted by Gasteiger charge is 2.26. The van der Waals surface area contributed by atoms with E-state index in [1.165, 1.54) is 5.56 Å². The van der Waals surface area contributed by atoms with E-state index in [1.807, 2.05) is 42.5 Å². The van der Waals surface area contributed by atoms with Gasteiger partial charge in [-0.05, 0) is 43.7 Å². The van der Waals surface area contributed by atoms with Crippen LogP contribution in [0.4, 0.5) is 11.4 Å². The molecule has 1 aliphatic heterocycles. The quantitative estimate of drug-likeness (QED) is 0.766. The van der Waals surface area contributed by atoms with Gasteiger partial charge in [-0.3, -0.25) is 14.5 Å². The maximum atomic E-state index is 12.5. The summed E-state index contributed by atoms with van der Waals surface area (Å²) in [6.45, 7) is 9.62. The molecule has 0 aromatic heterocycles. The first-order chi connectivity index (χ1) is 14.1. The van der Waals surface area contributed by atoms with Crippen molar-refractivity contribution in [2.45, 2.75) is 20.4 Å². The SMILES string of the molecule is CCN(CC)c1ccc(NC(=O)C(=O)N2CCN(Cc3ccccc3)CC2)cc1. The largest absolute Gasteiger partial charge is 0.372 e. The molecule has 3 rings (SSSR count). The standard InChI is InChI=1S/C23H30N4O2/c1-3-26(4-2)21-12-10-20(11-13-21)24-22(28)23(29)27-16-14-25(15-17-27)18-19-8-6-5-7-9-19/h5-13H,3-4,14-18H2,1-2H3,(H,24,28). The number of carbonyl (C=O) groups is 2. The molecule has 1 N–H and O–H groups in total. The van der Waals surface area contributed by atoms with Crippen molar-refractivity contribution in [2.75, 3.05) is 49.5 Å². The lowest BCUT2D eigenvalue weighted by atomic mass is 10.2. The smallest absolute Gasteiger partial charge is 0.313 e. The Morgan fingerprint density at radius 2 is 1.52 bits per heavy atom. The highest BCUT2D eigenvalue weighted by molar-refractivity contribution is 6.39. The fourth-order valence-corrected chi connectivity index (χ4v) is 3.62. The van der Waals surface area contributed by atoms with Gasteiger partial charge in [0.15, 0.2) is 0 Å². The molecule has 1 aliphatic rings. The molecule has 0 radical (unpaired) electrons. The van der Waals surface area contributed by atoms with E-state index < -0.39 is 11.8 Å². The van der Waals surface area contributed by atoms with Crippen molar-refractivity contribution in [3.63, 3.8) is 0 Å². The summed E-state index contributed by atoms with van der Waals surface area (Å²) in [5.74, 6) is -1.03. The second-order valence-corrected chi connectivity index (χ2v) is 7.23. The van der Waals surface area contributed by atoms with Crippen LogP contribution in [0.2, 0.25) is 0 Å². The van der Waals surface area contributed by atoms with Crippen molar-refractivity contribution in [2.24, 2.45) is 0 Å². The van der Waals surface area contributed by atoms with Crippen LogP contribution in [0.3, 0.4) is 0 Å². The third-order valence-electron chi connectivity index (χ3n) is 5.36. The number of hydrogen-bond donors (Lipinski definition) is 1. The summed E-state index contributed by atoms with van der Waals surface area (Å²) >= 11 is 0. The topological polar surface area (TPSA) is 55.9 Å². The summed E-state index contributed by atoms with van der Waals surface area (Å²) < 4.78 is 0. The second-order valence-electron chi connectivity index (χ2n) is 7.23. The van der Waals surface area contributed by atoms with Gasteiger partial charge in [0, 0.05) is 57.2 Å². The van der Waals surface area contributed by atoms with E-state index in [-0.39, 0.29) is 0 Å². The third kappa shape index (κ3) is 5.57. The number of nitrogens with zero attached hydrogens (tertiary/aromatic N) is 3. The van der Waals surface area contributed by atoms with Crippen molar-refractivity contribution in [1.29, 1.82) is 0 Å². The van der Waals surface area contributed by atoms with Crippen LogP contribution in [0.1, 0.15) is 19.4 Å². The summed E-state index contributed by atoms with van der Waals surface area (Å²) in [4.78, 5) is 31.1. The number of piperazine rings is 1. The molecule has 1 heterocycles. The average Bonchev–Trinajstić information content (AvgIpc) is 2.76. The van der Waals surface area contributed by atoms with Crippen LogP contribution in [0.25, 0.3) is 0 Å². The highest BCUT2D eigenvalue weighted by Crippen LogP contribution is 2.18. The van der Waals surface area contributed by atoms with Gasteiger partial charge in [-0.25, -0.2) is 0 Å². The molecule has 154 valence electrons. The zero-order valence-corrected chi connectivity index (χ0v) is 17.3. The van der Waals surface area contributed by atoms with Gasteiger partial charge in [-0.1, -0.05) is 30.3 Å². The van der Waals surface area contributed by atoms with E-state index in [9.17, 15) is 9.59 Å². The number of amides is 2. The Labute approximate surface area is 173 Å². The normalized spacial score (nSPS) is 14.5. The van der Waals surface area contributed by atoms with Crippen LogP contribution < -0.4 is 10.2 Å². The van der Waals surface area contributed by atoms with E-state index >= 15 is 0 Å². The Morgan fingerprint density at radius 1 is 0.897 bits per heavy atom. The van der Waals surface area contributed by atoms with Gasteiger partial charge in [-0.15, -0.1) is 0 Å². The van der Waals surface area contributed by atoms with Crippen LogP contribution in [0, 0.1) is 0 Å². The zero-order chi connectivity index (χ0) is 20.6. The van der Waals surface area contributed by atoms with Crippen LogP contribution in [0.5, 0.6) is 0 Å². The molecule has 0 bridgehead atoms. The van der Waals surface area contributed by atoms with Gasteiger partial charge in [-0.2, -0.15) is 0 Å². The maximum absolute atomic E-state index is 12.5. The lowest BCUT2D eigenvalue weighted by Gasteiger charge is -2.34. The Hall–Kier alpha value is -2.86. The fourth-order valence-electron chi connectivity index (χ4n) is 3.62. The molecular formula is C23H30N4O2. The molecule has 2 aromatic rings. The Kier molecular flexibility index (Phi) is 7.25. The molecule has 0 saturated carbocycles. The molecule has 0 atom stereocenters. The molecule has 6 heteroatoms. The average molecular weight is 395 g/mol. The highest BCUT2D eigenvalue weighted by atomic mass is 16.2. The van der Waals surface area contributed by atoms with Crippen molar-refractivity contribution in [1.82, 2.24) is 9.80 Å². The van der Waals surface area contributed by atoms with Crippen LogP contribution in [-0.4, -0.2) is 60.9 Å². The fraction of sp³-hybridized carbons (Fsp3) is 0.391. The first-order valence-electron chi connectivity index (χ1n) is 10.3. The molecule has 0 aliphatic carbocycles. The molecule has 6 nitrogen and oxygen atoms in total. The molecular weight excluding hydrogens is 364 g/mol. The van der Waals surface area contributed by atoms with E-state index in [0.29, 0.717) is 18.8 Å². The van der Waals surface area contributed by atoms with E-state index in [2.05, 4.69) is 41.1 Å². The number of carbonyl (C=O) groups excluding carboxylic acids is 2. The number of anilines is 2. The minimum absolute atomic E-state index is 0.461. The van der Waals surface area contributed by atoms with Gasteiger partial charge >= 0.3 is 11.8 Å². The van der Waals surface area contributed by atoms with Crippen LogP contribution >= 0.6 is 0 Å². The summed E-state index contributed by atoms with van der Waals surface area (Å²) in [5.41, 5.74) is 3.01. The predicted molar refractivity (Wildman–Crippen MR) is 117 cm³/mol. The van der Waals surface area contributed by atoms with Gasteiger partial charge in [0.2, 0.25) is 0 Å².